The SMILES string of the molecule is Cc1cc(CCNc2ncnc3scnc23)ccc1Oc1c(Cl)cnc(C(F)(F)F)c1Cl. The molecule has 12 heteroatoms. The van der Waals surface area contributed by atoms with E-state index in [1.807, 2.05) is 12.1 Å². The number of pyridine rings is 1. The number of halogens is 5. The maximum Gasteiger partial charge on any atom is 0.434 e. The Labute approximate surface area is 194 Å². The lowest BCUT2D eigenvalue weighted by Crippen LogP contribution is -2.09. The molecule has 3 aromatic heterocycles. The Morgan fingerprint density at radius 3 is 2.69 bits per heavy atom. The van der Waals surface area contributed by atoms with Gasteiger partial charge in [0, 0.05) is 6.54 Å². The number of rotatable bonds is 6. The lowest BCUT2D eigenvalue weighted by atomic mass is 10.1. The summed E-state index contributed by atoms with van der Waals surface area (Å²) < 4.78 is 44.9. The van der Waals surface area contributed by atoms with Gasteiger partial charge in [-0.25, -0.2) is 19.9 Å². The number of thiazole rings is 1. The molecule has 0 saturated carbocycles. The highest BCUT2D eigenvalue weighted by Gasteiger charge is 2.37. The van der Waals surface area contributed by atoms with Crippen molar-refractivity contribution in [2.45, 2.75) is 19.5 Å². The van der Waals surface area contributed by atoms with Gasteiger partial charge in [0.15, 0.2) is 17.3 Å². The molecule has 4 aromatic rings. The number of fused-ring (bicyclic) bond motifs is 1. The number of alkyl halides is 3. The van der Waals surface area contributed by atoms with Gasteiger partial charge in [-0.1, -0.05) is 35.3 Å². The van der Waals surface area contributed by atoms with Gasteiger partial charge in [0.05, 0.1) is 11.7 Å². The minimum atomic E-state index is -4.72. The Morgan fingerprint density at radius 1 is 1.12 bits per heavy atom. The number of aromatic nitrogens is 4. The number of nitrogens with zero attached hydrogens (tertiary/aromatic N) is 4. The maximum absolute atomic E-state index is 13.1. The van der Waals surface area contributed by atoms with Gasteiger partial charge in [0.2, 0.25) is 0 Å². The minimum absolute atomic E-state index is 0.117. The van der Waals surface area contributed by atoms with Crippen LogP contribution in [0, 0.1) is 6.92 Å². The van der Waals surface area contributed by atoms with Crippen LogP contribution in [0.3, 0.4) is 0 Å². The normalized spacial score (nSPS) is 11.7. The molecule has 0 fully saturated rings. The third kappa shape index (κ3) is 4.72. The number of hydrogen-bond acceptors (Lipinski definition) is 7. The van der Waals surface area contributed by atoms with E-state index in [4.69, 9.17) is 27.9 Å². The van der Waals surface area contributed by atoms with Crippen molar-refractivity contribution >= 4 is 50.7 Å². The van der Waals surface area contributed by atoms with E-state index in [2.05, 4.69) is 25.3 Å². The standard InChI is InChI=1S/C20H14Cl2F3N5OS/c1-10-6-11(4-5-26-18-15-19(29-8-28-18)32-9-30-15)2-3-13(10)31-16-12(21)7-27-17(14(16)22)20(23,24)25/h2-3,6-9H,4-5H2,1H3,(H,26,28,29). The first kappa shape index (κ1) is 22.5. The molecule has 0 aliphatic rings. The Balaban J connectivity index is 1.47. The van der Waals surface area contributed by atoms with Crippen LogP contribution < -0.4 is 10.1 Å². The highest BCUT2D eigenvalue weighted by molar-refractivity contribution is 7.16. The number of benzene rings is 1. The molecule has 32 heavy (non-hydrogen) atoms. The van der Waals surface area contributed by atoms with E-state index in [0.717, 1.165) is 22.1 Å². The van der Waals surface area contributed by atoms with Gasteiger partial charge in [-0.2, -0.15) is 13.2 Å². The Kier molecular flexibility index (Phi) is 6.36. The fourth-order valence-electron chi connectivity index (χ4n) is 2.98. The van der Waals surface area contributed by atoms with Gasteiger partial charge in [0.25, 0.3) is 0 Å². The van der Waals surface area contributed by atoms with Gasteiger partial charge >= 0.3 is 6.18 Å². The van der Waals surface area contributed by atoms with Crippen molar-refractivity contribution in [3.05, 3.63) is 63.1 Å². The first-order chi connectivity index (χ1) is 15.2. The number of anilines is 1. The minimum Gasteiger partial charge on any atom is -0.454 e. The molecule has 0 bridgehead atoms. The van der Waals surface area contributed by atoms with Crippen LogP contribution in [-0.2, 0) is 12.6 Å². The first-order valence-corrected chi connectivity index (χ1v) is 10.8. The van der Waals surface area contributed by atoms with Gasteiger partial charge < -0.3 is 10.1 Å². The zero-order valence-electron chi connectivity index (χ0n) is 16.4. The number of aryl methyl sites for hydroxylation is 1. The Hall–Kier alpha value is -2.69. The molecule has 0 atom stereocenters. The topological polar surface area (TPSA) is 72.8 Å². The molecule has 0 amide bonds. The molecule has 0 aliphatic carbocycles. The zero-order valence-corrected chi connectivity index (χ0v) is 18.7. The largest absolute Gasteiger partial charge is 0.454 e. The van der Waals surface area contributed by atoms with Crippen LogP contribution in [0.5, 0.6) is 11.5 Å². The molecule has 1 N–H and O–H groups in total. The molecule has 1 aromatic carbocycles. The average molecular weight is 500 g/mol. The molecule has 4 rings (SSSR count). The molecule has 3 heterocycles. The smallest absolute Gasteiger partial charge is 0.434 e. The summed E-state index contributed by atoms with van der Waals surface area (Å²) in [6, 6.07) is 5.35. The number of ether oxygens (including phenoxy) is 1. The van der Waals surface area contributed by atoms with Crippen molar-refractivity contribution < 1.29 is 17.9 Å². The molecule has 0 saturated heterocycles. The van der Waals surface area contributed by atoms with E-state index in [1.54, 1.807) is 18.5 Å². The lowest BCUT2D eigenvalue weighted by molar-refractivity contribution is -0.141. The van der Waals surface area contributed by atoms with Crippen LogP contribution in [0.2, 0.25) is 10.0 Å². The van der Waals surface area contributed by atoms with Gasteiger partial charge in [-0.15, -0.1) is 11.3 Å². The van der Waals surface area contributed by atoms with Crippen molar-refractivity contribution in [1.29, 1.82) is 0 Å². The fraction of sp³-hybridized carbons (Fsp3) is 0.200. The quantitative estimate of drug-likeness (QED) is 0.323. The second-order valence-corrected chi connectivity index (χ2v) is 8.32. The molecular formula is C20H14Cl2F3N5OS. The highest BCUT2D eigenvalue weighted by Crippen LogP contribution is 2.43. The van der Waals surface area contributed by atoms with E-state index in [-0.39, 0.29) is 10.8 Å². The number of hydrogen-bond donors (Lipinski definition) is 1. The fourth-order valence-corrected chi connectivity index (χ4v) is 4.13. The van der Waals surface area contributed by atoms with Crippen molar-refractivity contribution in [3.63, 3.8) is 0 Å². The summed E-state index contributed by atoms with van der Waals surface area (Å²) in [7, 11) is 0. The second-order valence-electron chi connectivity index (χ2n) is 6.70. The van der Waals surface area contributed by atoms with Crippen LogP contribution in [0.25, 0.3) is 10.3 Å². The van der Waals surface area contributed by atoms with Crippen LogP contribution in [-0.4, -0.2) is 26.5 Å². The summed E-state index contributed by atoms with van der Waals surface area (Å²) in [6.45, 7) is 2.38. The van der Waals surface area contributed by atoms with Crippen molar-refractivity contribution in [2.75, 3.05) is 11.9 Å². The summed E-state index contributed by atoms with van der Waals surface area (Å²) >= 11 is 13.3. The average Bonchev–Trinajstić information content (AvgIpc) is 3.21. The van der Waals surface area contributed by atoms with Crippen LogP contribution in [0.4, 0.5) is 19.0 Å². The molecule has 0 radical (unpaired) electrons. The van der Waals surface area contributed by atoms with Crippen molar-refractivity contribution in [3.8, 4) is 11.5 Å². The van der Waals surface area contributed by atoms with Gasteiger partial charge in [-0.05, 0) is 30.5 Å². The monoisotopic (exact) mass is 499 g/mol. The van der Waals surface area contributed by atoms with Gasteiger partial charge in [-0.3, -0.25) is 0 Å². The summed E-state index contributed by atoms with van der Waals surface area (Å²) in [4.78, 5) is 16.7. The Bertz CT molecular complexity index is 1280. The predicted octanol–water partition coefficient (Wildman–Crippen LogP) is 6.56. The van der Waals surface area contributed by atoms with E-state index in [9.17, 15) is 13.2 Å². The van der Waals surface area contributed by atoms with Crippen molar-refractivity contribution in [1.82, 2.24) is 19.9 Å². The predicted molar refractivity (Wildman–Crippen MR) is 118 cm³/mol. The summed E-state index contributed by atoms with van der Waals surface area (Å²) in [5, 5.41) is 2.44. The molecule has 166 valence electrons. The summed E-state index contributed by atoms with van der Waals surface area (Å²) in [5.41, 5.74) is 2.89. The molecule has 6 nitrogen and oxygen atoms in total. The summed E-state index contributed by atoms with van der Waals surface area (Å²) in [6.07, 6.45) is -1.70. The maximum atomic E-state index is 13.1. The Morgan fingerprint density at radius 2 is 1.94 bits per heavy atom. The highest BCUT2D eigenvalue weighted by atomic mass is 35.5. The van der Waals surface area contributed by atoms with Crippen LogP contribution >= 0.6 is 34.5 Å². The van der Waals surface area contributed by atoms with Gasteiger partial charge in [0.1, 0.15) is 32.5 Å². The molecular weight excluding hydrogens is 486 g/mol. The van der Waals surface area contributed by atoms with Crippen LogP contribution in [0.15, 0.2) is 36.2 Å². The summed E-state index contributed by atoms with van der Waals surface area (Å²) in [5.74, 6) is 0.712. The zero-order chi connectivity index (χ0) is 22.9. The second kappa shape index (κ2) is 9.05. The first-order valence-electron chi connectivity index (χ1n) is 9.20. The molecule has 0 aliphatic heterocycles. The number of nitrogens with one attached hydrogen (secondary N) is 1. The van der Waals surface area contributed by atoms with E-state index >= 15 is 0 Å². The van der Waals surface area contributed by atoms with E-state index in [0.29, 0.717) is 30.1 Å². The molecule has 0 spiro atoms. The molecule has 0 unspecified atom stereocenters. The third-order valence-corrected chi connectivity index (χ3v) is 5.84. The van der Waals surface area contributed by atoms with E-state index in [1.165, 1.54) is 17.7 Å². The van der Waals surface area contributed by atoms with Crippen LogP contribution in [0.1, 0.15) is 16.8 Å². The third-order valence-electron chi connectivity index (χ3n) is 4.49. The van der Waals surface area contributed by atoms with Crippen molar-refractivity contribution in [2.24, 2.45) is 0 Å². The van der Waals surface area contributed by atoms with E-state index < -0.39 is 16.9 Å². The lowest BCUT2D eigenvalue weighted by Gasteiger charge is -2.15.